The van der Waals surface area contributed by atoms with Crippen molar-refractivity contribution < 1.29 is 18.7 Å². The molecule has 0 aliphatic rings. The molecule has 0 unspecified atom stereocenters. The minimum absolute atomic E-state index is 0.180. The second-order valence-corrected chi connectivity index (χ2v) is 6.02. The number of hydrogen-bond acceptors (Lipinski definition) is 3. The maximum Gasteiger partial charge on any atom is 0.337 e. The highest BCUT2D eigenvalue weighted by Gasteiger charge is 2.18. The molecule has 0 saturated heterocycles. The summed E-state index contributed by atoms with van der Waals surface area (Å²) in [6.45, 7) is 0. The van der Waals surface area contributed by atoms with Gasteiger partial charge in [-0.05, 0) is 54.1 Å². The number of nitrogens with one attached hydrogen (secondary N) is 1. The normalized spacial score (nSPS) is 11.6. The average Bonchev–Trinajstić information content (AvgIpc) is 3.21. The molecule has 1 amide bonds. The van der Waals surface area contributed by atoms with Crippen LogP contribution in [-0.4, -0.2) is 23.6 Å². The molecule has 0 bridgehead atoms. The largest absolute Gasteiger partial charge is 0.465 e. The van der Waals surface area contributed by atoms with E-state index in [0.717, 1.165) is 5.56 Å². The summed E-state index contributed by atoms with van der Waals surface area (Å²) in [7, 11) is 1.31. The van der Waals surface area contributed by atoms with Crippen molar-refractivity contribution in [3.05, 3.63) is 90.0 Å². The first kappa shape index (κ1) is 18.4. The van der Waals surface area contributed by atoms with Crippen LogP contribution in [0.25, 0.3) is 0 Å². The minimum Gasteiger partial charge on any atom is -0.465 e. The number of amides is 1. The van der Waals surface area contributed by atoms with Crippen LogP contribution in [0.15, 0.2) is 73.1 Å². The predicted octanol–water partition coefficient (Wildman–Crippen LogP) is 4.03. The molecule has 0 aliphatic heterocycles. The van der Waals surface area contributed by atoms with E-state index in [0.29, 0.717) is 11.3 Å². The van der Waals surface area contributed by atoms with Gasteiger partial charge in [-0.1, -0.05) is 12.1 Å². The maximum absolute atomic E-state index is 13.2. The summed E-state index contributed by atoms with van der Waals surface area (Å²) in [5.41, 5.74) is 1.83. The van der Waals surface area contributed by atoms with Crippen LogP contribution in [0.4, 0.5) is 10.1 Å². The molecule has 1 N–H and O–H groups in total. The van der Waals surface area contributed by atoms with Crippen molar-refractivity contribution in [2.24, 2.45) is 0 Å². The number of carbonyl (C=O) groups excluding carboxylic acids is 2. The summed E-state index contributed by atoms with van der Waals surface area (Å²) in [6, 6.07) is 16.1. The lowest BCUT2D eigenvalue weighted by Crippen LogP contribution is -2.19. The van der Waals surface area contributed by atoms with E-state index in [1.54, 1.807) is 36.4 Å². The van der Waals surface area contributed by atoms with Crippen LogP contribution in [0.2, 0.25) is 0 Å². The molecule has 1 atom stereocenters. The van der Waals surface area contributed by atoms with Crippen LogP contribution in [0.3, 0.4) is 0 Å². The van der Waals surface area contributed by atoms with Gasteiger partial charge in [0.05, 0.1) is 25.1 Å². The molecular weight excluding hydrogens is 347 g/mol. The number of carbonyl (C=O) groups is 2. The molecule has 27 heavy (non-hydrogen) atoms. The molecule has 0 aliphatic carbocycles. The molecule has 1 aromatic heterocycles. The van der Waals surface area contributed by atoms with Gasteiger partial charge >= 0.3 is 5.97 Å². The Labute approximate surface area is 156 Å². The van der Waals surface area contributed by atoms with Crippen LogP contribution >= 0.6 is 0 Å². The number of benzene rings is 2. The fourth-order valence-corrected chi connectivity index (χ4v) is 2.83. The molecule has 2 aromatic carbocycles. The summed E-state index contributed by atoms with van der Waals surface area (Å²) >= 11 is 0. The zero-order chi connectivity index (χ0) is 19.2. The van der Waals surface area contributed by atoms with E-state index in [2.05, 4.69) is 10.1 Å². The lowest BCUT2D eigenvalue weighted by atomic mass is 10.0. The average molecular weight is 366 g/mol. The highest BCUT2D eigenvalue weighted by atomic mass is 19.1. The van der Waals surface area contributed by atoms with E-state index >= 15 is 0 Å². The maximum atomic E-state index is 13.2. The van der Waals surface area contributed by atoms with Crippen molar-refractivity contribution >= 4 is 17.6 Å². The van der Waals surface area contributed by atoms with Crippen LogP contribution in [-0.2, 0) is 9.53 Å². The number of ether oxygens (including phenoxy) is 1. The van der Waals surface area contributed by atoms with E-state index in [-0.39, 0.29) is 24.2 Å². The first-order valence-corrected chi connectivity index (χ1v) is 8.43. The molecule has 138 valence electrons. The molecule has 0 spiro atoms. The number of hydrogen-bond donors (Lipinski definition) is 1. The summed E-state index contributed by atoms with van der Waals surface area (Å²) in [5.74, 6) is -0.944. The van der Waals surface area contributed by atoms with Gasteiger partial charge in [0.2, 0.25) is 5.91 Å². The third-order valence-electron chi connectivity index (χ3n) is 4.21. The van der Waals surface area contributed by atoms with Crippen LogP contribution in [0.1, 0.15) is 28.4 Å². The van der Waals surface area contributed by atoms with E-state index in [1.807, 2.05) is 29.1 Å². The Morgan fingerprint density at radius 2 is 1.67 bits per heavy atom. The van der Waals surface area contributed by atoms with E-state index in [4.69, 9.17) is 0 Å². The first-order chi connectivity index (χ1) is 13.1. The van der Waals surface area contributed by atoms with Crippen molar-refractivity contribution in [3.8, 4) is 0 Å². The SMILES string of the molecule is COC(=O)c1ccc(NC(=O)C[C@H](c2ccc(F)cc2)n2cccc2)cc1. The van der Waals surface area contributed by atoms with Gasteiger partial charge in [0.25, 0.3) is 0 Å². The molecule has 5 nitrogen and oxygen atoms in total. The van der Waals surface area contributed by atoms with Gasteiger partial charge in [-0.25, -0.2) is 9.18 Å². The van der Waals surface area contributed by atoms with Crippen LogP contribution in [0, 0.1) is 5.82 Å². The number of esters is 1. The second-order valence-electron chi connectivity index (χ2n) is 6.02. The highest BCUT2D eigenvalue weighted by molar-refractivity contribution is 5.93. The minimum atomic E-state index is -0.433. The number of methoxy groups -OCH3 is 1. The van der Waals surface area contributed by atoms with Crippen LogP contribution < -0.4 is 5.32 Å². The van der Waals surface area contributed by atoms with Gasteiger partial charge in [-0.2, -0.15) is 0 Å². The van der Waals surface area contributed by atoms with Crippen molar-refractivity contribution in [3.63, 3.8) is 0 Å². The van der Waals surface area contributed by atoms with Gasteiger partial charge in [0.15, 0.2) is 0 Å². The molecule has 3 rings (SSSR count). The Hall–Kier alpha value is -3.41. The predicted molar refractivity (Wildman–Crippen MR) is 100.0 cm³/mol. The summed E-state index contributed by atoms with van der Waals surface area (Å²) in [6.07, 6.45) is 3.91. The fourth-order valence-electron chi connectivity index (χ4n) is 2.83. The monoisotopic (exact) mass is 366 g/mol. The van der Waals surface area contributed by atoms with Gasteiger partial charge in [-0.3, -0.25) is 4.79 Å². The number of nitrogens with zero attached hydrogens (tertiary/aromatic N) is 1. The zero-order valence-electron chi connectivity index (χ0n) is 14.8. The fraction of sp³-hybridized carbons (Fsp3) is 0.143. The second kappa shape index (κ2) is 8.31. The van der Waals surface area contributed by atoms with Gasteiger partial charge < -0.3 is 14.6 Å². The van der Waals surface area contributed by atoms with Gasteiger partial charge in [0, 0.05) is 18.1 Å². The molecule has 0 saturated carbocycles. The number of anilines is 1. The number of rotatable bonds is 6. The number of halogens is 1. The molecule has 1 heterocycles. The Balaban J connectivity index is 1.73. The topological polar surface area (TPSA) is 60.3 Å². The standard InChI is InChI=1S/C21H19FN2O3/c1-27-21(26)16-6-10-18(11-7-16)23-20(25)14-19(24-12-2-3-13-24)15-4-8-17(22)9-5-15/h2-13,19H,14H2,1H3,(H,23,25)/t19-/m1/s1. The highest BCUT2D eigenvalue weighted by Crippen LogP contribution is 2.23. The van der Waals surface area contributed by atoms with Gasteiger partial charge in [-0.15, -0.1) is 0 Å². The smallest absolute Gasteiger partial charge is 0.337 e. The molecular formula is C21H19FN2O3. The lowest BCUT2D eigenvalue weighted by Gasteiger charge is -2.19. The van der Waals surface area contributed by atoms with Crippen molar-refractivity contribution in [1.29, 1.82) is 0 Å². The van der Waals surface area contributed by atoms with E-state index < -0.39 is 5.97 Å². The third kappa shape index (κ3) is 4.61. The van der Waals surface area contributed by atoms with E-state index in [9.17, 15) is 14.0 Å². The van der Waals surface area contributed by atoms with Crippen LogP contribution in [0.5, 0.6) is 0 Å². The quantitative estimate of drug-likeness (QED) is 0.670. The summed E-state index contributed by atoms with van der Waals surface area (Å²) in [5, 5.41) is 2.82. The molecule has 6 heteroatoms. The molecule has 0 fully saturated rings. The Morgan fingerprint density at radius 3 is 2.26 bits per heavy atom. The number of aromatic nitrogens is 1. The Morgan fingerprint density at radius 1 is 1.04 bits per heavy atom. The van der Waals surface area contributed by atoms with Gasteiger partial charge in [0.1, 0.15) is 5.82 Å². The Kier molecular flexibility index (Phi) is 5.66. The summed E-state index contributed by atoms with van der Waals surface area (Å²) in [4.78, 5) is 24.0. The first-order valence-electron chi connectivity index (χ1n) is 8.43. The van der Waals surface area contributed by atoms with Crippen molar-refractivity contribution in [1.82, 2.24) is 4.57 Å². The third-order valence-corrected chi connectivity index (χ3v) is 4.21. The van der Waals surface area contributed by atoms with E-state index in [1.165, 1.54) is 19.2 Å². The molecule has 0 radical (unpaired) electrons. The summed E-state index contributed by atoms with van der Waals surface area (Å²) < 4.78 is 19.8. The lowest BCUT2D eigenvalue weighted by molar-refractivity contribution is -0.116. The zero-order valence-corrected chi connectivity index (χ0v) is 14.8. The molecule has 3 aromatic rings. The van der Waals surface area contributed by atoms with Crippen molar-refractivity contribution in [2.75, 3.05) is 12.4 Å². The van der Waals surface area contributed by atoms with Crippen molar-refractivity contribution in [2.45, 2.75) is 12.5 Å². The Bertz CT molecular complexity index is 904.